The molecule has 1 N–H and O–H groups in total. The summed E-state index contributed by atoms with van der Waals surface area (Å²) in [4.78, 5) is -0.185. The number of hydrogen-bond donors (Lipinski definition) is 1. The summed E-state index contributed by atoms with van der Waals surface area (Å²) in [5.41, 5.74) is 1.65. The zero-order valence-electron chi connectivity index (χ0n) is 13.7. The molecular weight excluding hydrogens is 430 g/mol. The Labute approximate surface area is 156 Å². The fourth-order valence-corrected chi connectivity index (χ4v) is 4.91. The predicted octanol–water partition coefficient (Wildman–Crippen LogP) is 2.48. The highest BCUT2D eigenvalue weighted by molar-refractivity contribution is 9.10. The Bertz CT molecular complexity index is 972. The zero-order chi connectivity index (χ0) is 18.7. The van der Waals surface area contributed by atoms with E-state index in [4.69, 9.17) is 4.74 Å². The number of benzene rings is 2. The van der Waals surface area contributed by atoms with Crippen LogP contribution in [0.5, 0.6) is 0 Å². The van der Waals surface area contributed by atoms with Crippen molar-refractivity contribution in [2.75, 3.05) is 13.4 Å². The zero-order valence-corrected chi connectivity index (χ0v) is 16.9. The van der Waals surface area contributed by atoms with Crippen LogP contribution in [0.2, 0.25) is 0 Å². The Hall–Kier alpha value is -1.26. The number of sulfone groups is 1. The lowest BCUT2D eigenvalue weighted by molar-refractivity contribution is 0.184. The molecule has 2 rings (SSSR count). The maximum Gasteiger partial charge on any atom is 0.242 e. The number of ether oxygens (including phenoxy) is 1. The van der Waals surface area contributed by atoms with E-state index < -0.39 is 19.9 Å². The third kappa shape index (κ3) is 5.11. The molecule has 0 radical (unpaired) electrons. The fourth-order valence-electron chi connectivity index (χ4n) is 2.20. The summed E-state index contributed by atoms with van der Waals surface area (Å²) >= 11 is 3.16. The Morgan fingerprint density at radius 3 is 2.28 bits per heavy atom. The lowest BCUT2D eigenvalue weighted by Gasteiger charge is -2.12. The lowest BCUT2D eigenvalue weighted by atomic mass is 10.1. The second-order valence-corrected chi connectivity index (χ2v) is 10.00. The van der Waals surface area contributed by atoms with E-state index in [1.54, 1.807) is 13.2 Å². The topological polar surface area (TPSA) is 89.5 Å². The molecule has 0 aliphatic rings. The standard InChI is InChI=1S/C16H18BrNO5S2/c1-23-11-13-6-4-3-5-12(13)10-18-25(21,22)16-9-14(24(2,19)20)7-8-15(16)17/h3-9,18H,10-11H2,1-2H3. The monoisotopic (exact) mass is 447 g/mol. The minimum absolute atomic E-state index is 0.0594. The van der Waals surface area contributed by atoms with Gasteiger partial charge < -0.3 is 4.74 Å². The molecule has 2 aromatic carbocycles. The van der Waals surface area contributed by atoms with E-state index in [0.29, 0.717) is 6.61 Å². The molecule has 0 amide bonds. The van der Waals surface area contributed by atoms with Crippen molar-refractivity contribution in [3.63, 3.8) is 0 Å². The highest BCUT2D eigenvalue weighted by Gasteiger charge is 2.21. The molecule has 0 aliphatic carbocycles. The number of hydrogen-bond acceptors (Lipinski definition) is 5. The Balaban J connectivity index is 2.32. The molecule has 0 heterocycles. The number of sulfonamides is 1. The molecule has 0 bridgehead atoms. The normalized spacial score (nSPS) is 12.3. The van der Waals surface area contributed by atoms with Gasteiger partial charge in [-0.15, -0.1) is 0 Å². The highest BCUT2D eigenvalue weighted by Crippen LogP contribution is 2.25. The third-order valence-electron chi connectivity index (χ3n) is 3.49. The van der Waals surface area contributed by atoms with Gasteiger partial charge in [-0.1, -0.05) is 24.3 Å². The average Bonchev–Trinajstić information content (AvgIpc) is 2.53. The number of nitrogens with one attached hydrogen (secondary N) is 1. The van der Waals surface area contributed by atoms with Gasteiger partial charge in [0.05, 0.1) is 16.4 Å². The second kappa shape index (κ2) is 7.96. The van der Waals surface area contributed by atoms with E-state index in [1.165, 1.54) is 12.1 Å². The molecule has 0 saturated heterocycles. The van der Waals surface area contributed by atoms with Crippen LogP contribution in [0, 0.1) is 0 Å². The molecular formula is C16H18BrNO5S2. The average molecular weight is 448 g/mol. The molecule has 0 aromatic heterocycles. The summed E-state index contributed by atoms with van der Waals surface area (Å²) in [6.45, 7) is 0.433. The molecule has 9 heteroatoms. The molecule has 0 atom stereocenters. The molecule has 6 nitrogen and oxygen atoms in total. The smallest absolute Gasteiger partial charge is 0.242 e. The predicted molar refractivity (Wildman–Crippen MR) is 98.4 cm³/mol. The van der Waals surface area contributed by atoms with Gasteiger partial charge in [0, 0.05) is 24.4 Å². The molecule has 2 aromatic rings. The molecule has 0 fully saturated rings. The van der Waals surface area contributed by atoms with Crippen LogP contribution in [0.3, 0.4) is 0 Å². The largest absolute Gasteiger partial charge is 0.380 e. The quantitative estimate of drug-likeness (QED) is 0.703. The maximum atomic E-state index is 12.6. The third-order valence-corrected chi connectivity index (χ3v) is 7.00. The SMILES string of the molecule is COCc1ccccc1CNS(=O)(=O)c1cc(S(C)(=O)=O)ccc1Br. The van der Waals surface area contributed by atoms with E-state index in [1.807, 2.05) is 18.2 Å². The summed E-state index contributed by atoms with van der Waals surface area (Å²) in [6, 6.07) is 11.2. The van der Waals surface area contributed by atoms with Crippen LogP contribution >= 0.6 is 15.9 Å². The van der Waals surface area contributed by atoms with Crippen LogP contribution in [0.4, 0.5) is 0 Å². The highest BCUT2D eigenvalue weighted by atomic mass is 79.9. The van der Waals surface area contributed by atoms with Gasteiger partial charge in [0.15, 0.2) is 9.84 Å². The summed E-state index contributed by atoms with van der Waals surface area (Å²) < 4.78 is 56.5. The molecule has 136 valence electrons. The van der Waals surface area contributed by atoms with Gasteiger partial charge >= 0.3 is 0 Å². The lowest BCUT2D eigenvalue weighted by Crippen LogP contribution is -2.24. The van der Waals surface area contributed by atoms with Crippen molar-refractivity contribution in [3.8, 4) is 0 Å². The van der Waals surface area contributed by atoms with E-state index in [0.717, 1.165) is 23.4 Å². The molecule has 0 saturated carbocycles. The summed E-state index contributed by atoms with van der Waals surface area (Å²) in [6.07, 6.45) is 1.03. The van der Waals surface area contributed by atoms with E-state index in [-0.39, 0.29) is 20.8 Å². The number of rotatable bonds is 7. The Kier molecular flexibility index (Phi) is 6.39. The van der Waals surface area contributed by atoms with Gasteiger partial charge in [0.2, 0.25) is 10.0 Å². The summed E-state index contributed by atoms with van der Waals surface area (Å²) in [5.74, 6) is 0. The van der Waals surface area contributed by atoms with Crippen molar-refractivity contribution in [2.45, 2.75) is 22.9 Å². The summed E-state index contributed by atoms with van der Waals surface area (Å²) in [5, 5.41) is 0. The maximum absolute atomic E-state index is 12.6. The fraction of sp³-hybridized carbons (Fsp3) is 0.250. The Morgan fingerprint density at radius 1 is 1.04 bits per heavy atom. The molecule has 0 aliphatic heterocycles. The van der Waals surface area contributed by atoms with Crippen LogP contribution in [0.15, 0.2) is 56.7 Å². The Morgan fingerprint density at radius 2 is 1.68 bits per heavy atom. The van der Waals surface area contributed by atoms with E-state index >= 15 is 0 Å². The van der Waals surface area contributed by atoms with Gasteiger partial charge in [0.1, 0.15) is 0 Å². The van der Waals surface area contributed by atoms with Crippen LogP contribution in [0.1, 0.15) is 11.1 Å². The number of halogens is 1. The van der Waals surface area contributed by atoms with Crippen LogP contribution in [0.25, 0.3) is 0 Å². The van der Waals surface area contributed by atoms with Gasteiger partial charge in [-0.2, -0.15) is 0 Å². The van der Waals surface area contributed by atoms with Crippen molar-refractivity contribution in [2.24, 2.45) is 0 Å². The van der Waals surface area contributed by atoms with Gasteiger partial charge in [-0.25, -0.2) is 21.6 Å². The first kappa shape index (κ1) is 20.1. The van der Waals surface area contributed by atoms with Gasteiger partial charge in [-0.3, -0.25) is 0 Å². The van der Waals surface area contributed by atoms with Crippen molar-refractivity contribution >= 4 is 35.8 Å². The van der Waals surface area contributed by atoms with Gasteiger partial charge in [-0.05, 0) is 45.3 Å². The van der Waals surface area contributed by atoms with Crippen LogP contribution < -0.4 is 4.72 Å². The first-order valence-corrected chi connectivity index (χ1v) is 11.4. The first-order chi connectivity index (χ1) is 11.6. The van der Waals surface area contributed by atoms with Crippen molar-refractivity contribution in [3.05, 3.63) is 58.1 Å². The van der Waals surface area contributed by atoms with Crippen molar-refractivity contribution in [1.82, 2.24) is 4.72 Å². The van der Waals surface area contributed by atoms with Crippen LogP contribution in [-0.4, -0.2) is 30.2 Å². The van der Waals surface area contributed by atoms with Crippen molar-refractivity contribution in [1.29, 1.82) is 0 Å². The molecule has 0 spiro atoms. The first-order valence-electron chi connectivity index (χ1n) is 7.20. The summed E-state index contributed by atoms with van der Waals surface area (Å²) in [7, 11) is -5.85. The van der Waals surface area contributed by atoms with E-state index in [9.17, 15) is 16.8 Å². The molecule has 25 heavy (non-hydrogen) atoms. The second-order valence-electron chi connectivity index (χ2n) is 5.39. The van der Waals surface area contributed by atoms with Crippen molar-refractivity contribution < 1.29 is 21.6 Å². The number of methoxy groups -OCH3 is 1. The van der Waals surface area contributed by atoms with Gasteiger partial charge in [0.25, 0.3) is 0 Å². The van der Waals surface area contributed by atoms with E-state index in [2.05, 4.69) is 20.7 Å². The minimum Gasteiger partial charge on any atom is -0.380 e. The molecule has 0 unspecified atom stereocenters. The minimum atomic E-state index is -3.91. The van der Waals surface area contributed by atoms with Crippen LogP contribution in [-0.2, 0) is 37.7 Å².